The molecule has 0 fully saturated rings. The lowest BCUT2D eigenvalue weighted by molar-refractivity contribution is -0.132. The Bertz CT molecular complexity index is 289. The van der Waals surface area contributed by atoms with Crippen LogP contribution in [0.2, 0.25) is 0 Å². The Balaban J connectivity index is 3.97. The van der Waals surface area contributed by atoms with Crippen LogP contribution in [0.4, 0.5) is 0 Å². The minimum Gasteiger partial charge on any atom is -0.394 e. The number of ketones is 1. The number of hydrogen-bond donors (Lipinski definition) is 5. The lowest BCUT2D eigenvalue weighted by Crippen LogP contribution is -2.44. The number of hydroxylamine groups is 1. The van der Waals surface area contributed by atoms with Gasteiger partial charge in [-0.3, -0.25) is 9.63 Å². The summed E-state index contributed by atoms with van der Waals surface area (Å²) in [6, 6.07) is -0.450. The van der Waals surface area contributed by atoms with Crippen LogP contribution in [0.1, 0.15) is 52.4 Å². The van der Waals surface area contributed by atoms with Crippen LogP contribution in [-0.4, -0.2) is 63.8 Å². The van der Waals surface area contributed by atoms with E-state index in [0.29, 0.717) is 6.42 Å². The molecule has 7 heteroatoms. The average Bonchev–Trinajstić information content (AvgIpc) is 2.50. The Morgan fingerprint density at radius 2 is 1.73 bits per heavy atom. The predicted molar refractivity (Wildman–Crippen MR) is 82.0 cm³/mol. The fourth-order valence-electron chi connectivity index (χ4n) is 1.99. The van der Waals surface area contributed by atoms with E-state index in [0.717, 1.165) is 25.7 Å². The Hall–Kier alpha value is -0.570. The van der Waals surface area contributed by atoms with Crippen molar-refractivity contribution < 1.29 is 30.1 Å². The number of unbranched alkanes of at least 4 members (excludes halogenated alkanes) is 4. The Morgan fingerprint density at radius 1 is 1.09 bits per heavy atom. The monoisotopic (exact) mass is 321 g/mol. The first kappa shape index (κ1) is 21.4. The van der Waals surface area contributed by atoms with Crippen LogP contribution in [0, 0.1) is 0 Å². The van der Waals surface area contributed by atoms with Crippen molar-refractivity contribution in [3.05, 3.63) is 0 Å². The number of hydrogen-bond acceptors (Lipinski definition) is 7. The first-order chi connectivity index (χ1) is 10.4. The van der Waals surface area contributed by atoms with E-state index >= 15 is 0 Å². The second-order valence-corrected chi connectivity index (χ2v) is 5.60. The molecule has 0 saturated carbocycles. The van der Waals surface area contributed by atoms with Crippen LogP contribution in [-0.2, 0) is 9.63 Å². The molecule has 1 unspecified atom stereocenters. The Labute approximate surface area is 132 Å². The van der Waals surface area contributed by atoms with Crippen molar-refractivity contribution >= 4 is 5.78 Å². The third kappa shape index (κ3) is 9.45. The highest BCUT2D eigenvalue weighted by molar-refractivity contribution is 5.81. The summed E-state index contributed by atoms with van der Waals surface area (Å²) in [4.78, 5) is 16.5. The zero-order valence-corrected chi connectivity index (χ0v) is 13.6. The third-order valence-electron chi connectivity index (χ3n) is 3.54. The SMILES string of the molecule is CCCCCCCC(NOC[C@H](O)[C@H](O)[C@H](O)CO)C(C)=O. The lowest BCUT2D eigenvalue weighted by atomic mass is 10.0. The molecule has 0 rings (SSSR count). The number of carbonyl (C=O) groups excluding carboxylic acids is 1. The predicted octanol–water partition coefficient (Wildman–Crippen LogP) is -0.0993. The van der Waals surface area contributed by atoms with Gasteiger partial charge in [0.25, 0.3) is 0 Å². The topological polar surface area (TPSA) is 119 Å². The van der Waals surface area contributed by atoms with Crippen molar-refractivity contribution in [1.82, 2.24) is 5.48 Å². The summed E-state index contributed by atoms with van der Waals surface area (Å²) in [5.41, 5.74) is 2.59. The first-order valence-electron chi connectivity index (χ1n) is 7.96. The number of aliphatic hydroxyl groups is 4. The van der Waals surface area contributed by atoms with E-state index in [9.17, 15) is 20.1 Å². The number of aliphatic hydroxyl groups excluding tert-OH is 4. The molecule has 0 aromatic carbocycles. The molecule has 0 spiro atoms. The van der Waals surface area contributed by atoms with E-state index in [1.807, 2.05) is 0 Å². The standard InChI is InChI=1S/C15H31NO6/c1-3-4-5-6-7-8-12(11(2)18)16-22-10-14(20)15(21)13(19)9-17/h12-17,19-21H,3-10H2,1-2H3/t12?,13-,14+,15-/m1/s1. The van der Waals surface area contributed by atoms with Crippen LogP contribution in [0.25, 0.3) is 0 Å². The maximum atomic E-state index is 11.5. The smallest absolute Gasteiger partial charge is 0.149 e. The second-order valence-electron chi connectivity index (χ2n) is 5.60. The maximum Gasteiger partial charge on any atom is 0.149 e. The summed E-state index contributed by atoms with van der Waals surface area (Å²) in [7, 11) is 0. The third-order valence-corrected chi connectivity index (χ3v) is 3.54. The van der Waals surface area contributed by atoms with Crippen LogP contribution in [0.15, 0.2) is 0 Å². The van der Waals surface area contributed by atoms with Gasteiger partial charge in [0.05, 0.1) is 19.3 Å². The fraction of sp³-hybridized carbons (Fsp3) is 0.933. The van der Waals surface area contributed by atoms with Gasteiger partial charge in [0, 0.05) is 0 Å². The molecule has 0 aliphatic heterocycles. The van der Waals surface area contributed by atoms with Crippen molar-refractivity contribution in [3.63, 3.8) is 0 Å². The van der Waals surface area contributed by atoms with Gasteiger partial charge in [-0.25, -0.2) is 0 Å². The highest BCUT2D eigenvalue weighted by Gasteiger charge is 2.24. The second kappa shape index (κ2) is 12.9. The highest BCUT2D eigenvalue weighted by Crippen LogP contribution is 2.08. The van der Waals surface area contributed by atoms with Crippen molar-refractivity contribution in [2.75, 3.05) is 13.2 Å². The normalized spacial score (nSPS) is 17.0. The quantitative estimate of drug-likeness (QED) is 0.224. The van der Waals surface area contributed by atoms with Gasteiger partial charge in [0.15, 0.2) is 0 Å². The summed E-state index contributed by atoms with van der Waals surface area (Å²) >= 11 is 0. The summed E-state index contributed by atoms with van der Waals surface area (Å²) in [6.07, 6.45) is 1.83. The Kier molecular flexibility index (Phi) is 12.6. The molecular formula is C15H31NO6. The van der Waals surface area contributed by atoms with Gasteiger partial charge in [-0.2, -0.15) is 5.48 Å². The summed E-state index contributed by atoms with van der Waals surface area (Å²) < 4.78 is 0. The number of rotatable bonds is 14. The molecule has 22 heavy (non-hydrogen) atoms. The number of nitrogens with one attached hydrogen (secondary N) is 1. The molecule has 0 saturated heterocycles. The van der Waals surface area contributed by atoms with E-state index in [1.54, 1.807) is 0 Å². The molecule has 0 aliphatic carbocycles. The number of carbonyl (C=O) groups is 1. The van der Waals surface area contributed by atoms with Gasteiger partial charge in [0.2, 0.25) is 0 Å². The molecule has 0 radical (unpaired) electrons. The summed E-state index contributed by atoms with van der Waals surface area (Å²) in [5, 5.41) is 36.9. The molecule has 4 atom stereocenters. The zero-order chi connectivity index (χ0) is 17.0. The van der Waals surface area contributed by atoms with Crippen LogP contribution >= 0.6 is 0 Å². The van der Waals surface area contributed by atoms with E-state index < -0.39 is 31.0 Å². The molecule has 0 aromatic heterocycles. The summed E-state index contributed by atoms with van der Waals surface area (Å²) in [6.45, 7) is 2.66. The highest BCUT2D eigenvalue weighted by atomic mass is 16.7. The zero-order valence-electron chi connectivity index (χ0n) is 13.6. The Morgan fingerprint density at radius 3 is 2.27 bits per heavy atom. The molecule has 0 heterocycles. The van der Waals surface area contributed by atoms with Gasteiger partial charge in [0.1, 0.15) is 24.1 Å². The first-order valence-corrected chi connectivity index (χ1v) is 7.96. The largest absolute Gasteiger partial charge is 0.394 e. The van der Waals surface area contributed by atoms with Gasteiger partial charge < -0.3 is 20.4 Å². The molecule has 0 aliphatic rings. The fourth-order valence-corrected chi connectivity index (χ4v) is 1.99. The van der Waals surface area contributed by atoms with Gasteiger partial charge in [-0.1, -0.05) is 39.0 Å². The minimum atomic E-state index is -1.50. The maximum absolute atomic E-state index is 11.5. The van der Waals surface area contributed by atoms with Crippen molar-refractivity contribution in [1.29, 1.82) is 0 Å². The average molecular weight is 321 g/mol. The van der Waals surface area contributed by atoms with Crippen LogP contribution in [0.3, 0.4) is 0 Å². The minimum absolute atomic E-state index is 0.0547. The van der Waals surface area contributed by atoms with E-state index in [1.165, 1.54) is 13.3 Å². The summed E-state index contributed by atoms with van der Waals surface area (Å²) in [5.74, 6) is -0.0547. The van der Waals surface area contributed by atoms with Crippen molar-refractivity contribution in [3.8, 4) is 0 Å². The molecule has 0 bridgehead atoms. The lowest BCUT2D eigenvalue weighted by Gasteiger charge is -2.22. The molecule has 5 N–H and O–H groups in total. The number of Topliss-reactive ketones (excluding diaryl/α,β-unsaturated/α-hetero) is 1. The van der Waals surface area contributed by atoms with E-state index in [2.05, 4.69) is 12.4 Å². The van der Waals surface area contributed by atoms with Crippen LogP contribution in [0.5, 0.6) is 0 Å². The molecule has 132 valence electrons. The van der Waals surface area contributed by atoms with Crippen LogP contribution < -0.4 is 5.48 Å². The molecule has 7 nitrogen and oxygen atoms in total. The molecule has 0 aromatic rings. The van der Waals surface area contributed by atoms with Crippen molar-refractivity contribution in [2.45, 2.75) is 76.7 Å². The van der Waals surface area contributed by atoms with Gasteiger partial charge in [-0.05, 0) is 13.3 Å². The van der Waals surface area contributed by atoms with Crippen molar-refractivity contribution in [2.24, 2.45) is 0 Å². The van der Waals surface area contributed by atoms with E-state index in [-0.39, 0.29) is 12.4 Å². The molecular weight excluding hydrogens is 290 g/mol. The van der Waals surface area contributed by atoms with E-state index in [4.69, 9.17) is 9.94 Å². The van der Waals surface area contributed by atoms with Gasteiger partial charge >= 0.3 is 0 Å². The van der Waals surface area contributed by atoms with Gasteiger partial charge in [-0.15, -0.1) is 0 Å². The molecule has 0 amide bonds.